The van der Waals surface area contributed by atoms with E-state index in [0.717, 1.165) is 25.7 Å². The van der Waals surface area contributed by atoms with Gasteiger partial charge in [0.1, 0.15) is 6.17 Å². The number of nitrogens with zero attached hydrogens (tertiary/aromatic N) is 1. The van der Waals surface area contributed by atoms with E-state index >= 15 is 0 Å². The highest BCUT2D eigenvalue weighted by Gasteiger charge is 2.62. The molecule has 0 aromatic heterocycles. The lowest BCUT2D eigenvalue weighted by molar-refractivity contribution is -0.164. The van der Waals surface area contributed by atoms with Gasteiger partial charge in [-0.1, -0.05) is 20.8 Å². The molecule has 8 atom stereocenters. The molecule has 2 nitrogen and oxygen atoms in total. The maximum Gasteiger partial charge on any atom is 0.222 e. The van der Waals surface area contributed by atoms with Gasteiger partial charge in [-0.05, 0) is 73.0 Å². The molecule has 1 heterocycles. The van der Waals surface area contributed by atoms with Crippen LogP contribution in [0.5, 0.6) is 0 Å². The van der Waals surface area contributed by atoms with Crippen LogP contribution in [0, 0.1) is 34.5 Å². The lowest BCUT2D eigenvalue weighted by Crippen LogP contribution is -2.62. The number of likely N-dealkylation sites (tertiary alicyclic amines) is 1. The molecule has 1 amide bonds. The molecule has 4 fully saturated rings. The first kappa shape index (κ1) is 15.9. The molecule has 0 spiro atoms. The topological polar surface area (TPSA) is 20.3 Å². The lowest BCUT2D eigenvalue weighted by atomic mass is 9.45. The summed E-state index contributed by atoms with van der Waals surface area (Å²) in [6.45, 7) is 7.17. The summed E-state index contributed by atoms with van der Waals surface area (Å²) < 4.78 is 14.2. The number of hydrogen-bond donors (Lipinski definition) is 0. The molecule has 0 aromatic carbocycles. The zero-order chi connectivity index (χ0) is 16.6. The standard InChI is InChI=1S/C20H32FNO/c1-12-9-16-20(3,8-6-17(23)22(16)4)14-5-7-19(2)11-13(21)10-15(19)18(12)14/h12-16,18H,5-11H2,1-4H3/t12?,13?,14-,15+,16?,18-,19-,20-/m1/s1. The van der Waals surface area contributed by atoms with Crippen molar-refractivity contribution in [1.82, 2.24) is 4.90 Å². The predicted octanol–water partition coefficient (Wildman–Crippen LogP) is 4.43. The molecule has 3 heteroatoms. The van der Waals surface area contributed by atoms with Crippen LogP contribution in [0.2, 0.25) is 0 Å². The van der Waals surface area contributed by atoms with Crippen molar-refractivity contribution in [2.24, 2.45) is 34.5 Å². The number of alkyl halides is 1. The van der Waals surface area contributed by atoms with Crippen molar-refractivity contribution in [3.8, 4) is 0 Å². The summed E-state index contributed by atoms with van der Waals surface area (Å²) in [5.41, 5.74) is 0.476. The van der Waals surface area contributed by atoms with Gasteiger partial charge < -0.3 is 4.90 Å². The fourth-order valence-electron chi connectivity index (χ4n) is 7.44. The Labute approximate surface area is 140 Å². The third-order valence-electron chi connectivity index (χ3n) is 8.65. The van der Waals surface area contributed by atoms with Gasteiger partial charge >= 0.3 is 0 Å². The van der Waals surface area contributed by atoms with Gasteiger partial charge in [-0.3, -0.25) is 4.79 Å². The van der Waals surface area contributed by atoms with Crippen LogP contribution in [-0.4, -0.2) is 30.1 Å². The third kappa shape index (κ3) is 2.07. The van der Waals surface area contributed by atoms with Gasteiger partial charge in [0.05, 0.1) is 0 Å². The van der Waals surface area contributed by atoms with Crippen molar-refractivity contribution >= 4 is 5.91 Å². The van der Waals surface area contributed by atoms with Crippen molar-refractivity contribution in [3.05, 3.63) is 0 Å². The van der Waals surface area contributed by atoms with Crippen molar-refractivity contribution in [1.29, 1.82) is 0 Å². The first-order chi connectivity index (χ1) is 10.8. The Bertz CT molecular complexity index is 522. The second-order valence-electron chi connectivity index (χ2n) is 9.76. The van der Waals surface area contributed by atoms with Gasteiger partial charge in [0, 0.05) is 19.5 Å². The molecule has 0 N–H and O–H groups in total. The molecule has 130 valence electrons. The molecule has 3 unspecified atom stereocenters. The molecule has 1 saturated heterocycles. The highest BCUT2D eigenvalue weighted by atomic mass is 19.1. The Kier molecular flexibility index (Phi) is 3.42. The zero-order valence-electron chi connectivity index (χ0n) is 15.1. The van der Waals surface area contributed by atoms with E-state index in [2.05, 4.69) is 25.7 Å². The van der Waals surface area contributed by atoms with Crippen LogP contribution in [0.4, 0.5) is 4.39 Å². The SMILES string of the molecule is CC1CC2N(C)C(=O)CC[C@]2(C)[C@@H]2CC[C@]3(C)CC(F)C[C@H]3[C@H]12. The third-order valence-corrected chi connectivity index (χ3v) is 8.65. The summed E-state index contributed by atoms with van der Waals surface area (Å²) in [7, 11) is 2.01. The second-order valence-corrected chi connectivity index (χ2v) is 9.76. The van der Waals surface area contributed by atoms with E-state index < -0.39 is 6.17 Å². The Morgan fingerprint density at radius 3 is 2.65 bits per heavy atom. The summed E-state index contributed by atoms with van der Waals surface area (Å²) in [5.74, 6) is 2.84. The van der Waals surface area contributed by atoms with Gasteiger partial charge in [0.2, 0.25) is 5.91 Å². The Morgan fingerprint density at radius 2 is 1.91 bits per heavy atom. The number of fused-ring (bicyclic) bond motifs is 5. The van der Waals surface area contributed by atoms with E-state index in [0.29, 0.717) is 42.0 Å². The van der Waals surface area contributed by atoms with Crippen LogP contribution >= 0.6 is 0 Å². The van der Waals surface area contributed by atoms with Crippen molar-refractivity contribution < 1.29 is 9.18 Å². The molecular formula is C20H32FNO. The molecule has 23 heavy (non-hydrogen) atoms. The van der Waals surface area contributed by atoms with Gasteiger partial charge in [-0.25, -0.2) is 4.39 Å². The zero-order valence-corrected chi connectivity index (χ0v) is 15.1. The van der Waals surface area contributed by atoms with E-state index in [1.807, 2.05) is 7.05 Å². The van der Waals surface area contributed by atoms with Crippen molar-refractivity contribution in [2.45, 2.75) is 77.9 Å². The lowest BCUT2D eigenvalue weighted by Gasteiger charge is -2.63. The van der Waals surface area contributed by atoms with Crippen LogP contribution in [0.3, 0.4) is 0 Å². The van der Waals surface area contributed by atoms with Gasteiger partial charge in [-0.15, -0.1) is 0 Å². The summed E-state index contributed by atoms with van der Waals surface area (Å²) >= 11 is 0. The van der Waals surface area contributed by atoms with Crippen molar-refractivity contribution in [3.63, 3.8) is 0 Å². The van der Waals surface area contributed by atoms with E-state index in [4.69, 9.17) is 0 Å². The van der Waals surface area contributed by atoms with E-state index in [-0.39, 0.29) is 10.8 Å². The molecule has 0 radical (unpaired) electrons. The maximum atomic E-state index is 14.2. The highest BCUT2D eigenvalue weighted by Crippen LogP contribution is 2.66. The average Bonchev–Trinajstić information content (AvgIpc) is 2.80. The van der Waals surface area contributed by atoms with Crippen molar-refractivity contribution in [2.75, 3.05) is 7.05 Å². The Hall–Kier alpha value is -0.600. The van der Waals surface area contributed by atoms with Crippen LogP contribution < -0.4 is 0 Å². The first-order valence-electron chi connectivity index (χ1n) is 9.66. The summed E-state index contributed by atoms with van der Waals surface area (Å²) in [6, 6.07) is 0.395. The summed E-state index contributed by atoms with van der Waals surface area (Å²) in [4.78, 5) is 14.3. The van der Waals surface area contributed by atoms with Gasteiger partial charge in [-0.2, -0.15) is 0 Å². The van der Waals surface area contributed by atoms with Crippen LogP contribution in [0.1, 0.15) is 65.7 Å². The number of rotatable bonds is 0. The number of hydrogen-bond acceptors (Lipinski definition) is 1. The molecule has 0 aromatic rings. The minimum Gasteiger partial charge on any atom is -0.342 e. The quantitative estimate of drug-likeness (QED) is 0.646. The molecule has 3 saturated carbocycles. The largest absolute Gasteiger partial charge is 0.342 e. The van der Waals surface area contributed by atoms with Crippen LogP contribution in [0.15, 0.2) is 0 Å². The van der Waals surface area contributed by atoms with E-state index in [1.54, 1.807) is 0 Å². The summed E-state index contributed by atoms with van der Waals surface area (Å²) in [5, 5.41) is 0. The molecule has 4 aliphatic rings. The number of amides is 1. The van der Waals surface area contributed by atoms with Crippen LogP contribution in [-0.2, 0) is 4.79 Å². The Balaban J connectivity index is 1.70. The smallest absolute Gasteiger partial charge is 0.222 e. The first-order valence-corrected chi connectivity index (χ1v) is 9.66. The fraction of sp³-hybridized carbons (Fsp3) is 0.950. The molecule has 1 aliphatic heterocycles. The second kappa shape index (κ2) is 4.95. The molecule has 0 bridgehead atoms. The van der Waals surface area contributed by atoms with Gasteiger partial charge in [0.25, 0.3) is 0 Å². The minimum absolute atomic E-state index is 0.231. The fourth-order valence-corrected chi connectivity index (χ4v) is 7.44. The van der Waals surface area contributed by atoms with Gasteiger partial charge in [0.15, 0.2) is 0 Å². The average molecular weight is 321 g/mol. The molecular weight excluding hydrogens is 289 g/mol. The number of halogens is 1. The predicted molar refractivity (Wildman–Crippen MR) is 89.6 cm³/mol. The highest BCUT2D eigenvalue weighted by molar-refractivity contribution is 5.77. The van der Waals surface area contributed by atoms with E-state index in [9.17, 15) is 9.18 Å². The summed E-state index contributed by atoms with van der Waals surface area (Å²) in [6.07, 6.45) is 6.27. The monoisotopic (exact) mass is 321 g/mol. The number of carbonyl (C=O) groups excluding carboxylic acids is 1. The normalized spacial score (nSPS) is 56.0. The number of carbonyl (C=O) groups is 1. The van der Waals surface area contributed by atoms with E-state index in [1.165, 1.54) is 12.8 Å². The van der Waals surface area contributed by atoms with Crippen LogP contribution in [0.25, 0.3) is 0 Å². The molecule has 4 rings (SSSR count). The Morgan fingerprint density at radius 1 is 1.17 bits per heavy atom. The molecule has 3 aliphatic carbocycles. The number of piperidine rings is 1. The maximum absolute atomic E-state index is 14.2. The minimum atomic E-state index is -0.586.